The van der Waals surface area contributed by atoms with Crippen molar-refractivity contribution in [1.82, 2.24) is 0 Å². The summed E-state index contributed by atoms with van der Waals surface area (Å²) in [6.45, 7) is 0.256. The molecular formula is C12H12N4OS. The summed E-state index contributed by atoms with van der Waals surface area (Å²) in [6.07, 6.45) is 1.72. The number of carbonyl (C=O) groups is 1. The SMILES string of the molecule is CN(C)c1ccc(N2CC(=O)SC2=NC#N)cc1. The van der Waals surface area contributed by atoms with Gasteiger partial charge in [-0.15, -0.1) is 4.99 Å². The number of carbonyl (C=O) groups excluding carboxylic acids is 1. The van der Waals surface area contributed by atoms with Gasteiger partial charge in [0.2, 0.25) is 11.3 Å². The van der Waals surface area contributed by atoms with Crippen LogP contribution < -0.4 is 9.80 Å². The van der Waals surface area contributed by atoms with E-state index in [9.17, 15) is 4.79 Å². The van der Waals surface area contributed by atoms with Gasteiger partial charge in [-0.05, 0) is 36.0 Å². The zero-order valence-corrected chi connectivity index (χ0v) is 10.9. The molecule has 1 saturated heterocycles. The molecule has 0 radical (unpaired) electrons. The van der Waals surface area contributed by atoms with Crippen molar-refractivity contribution in [3.8, 4) is 6.19 Å². The fraction of sp³-hybridized carbons (Fsp3) is 0.250. The van der Waals surface area contributed by atoms with Crippen LogP contribution in [0, 0.1) is 11.5 Å². The minimum Gasteiger partial charge on any atom is -0.378 e. The molecule has 0 spiro atoms. The molecule has 1 fully saturated rings. The maximum atomic E-state index is 11.4. The minimum atomic E-state index is 0.000635. The monoisotopic (exact) mass is 260 g/mol. The molecule has 0 N–H and O–H groups in total. The van der Waals surface area contributed by atoms with Gasteiger partial charge in [0, 0.05) is 25.5 Å². The Morgan fingerprint density at radius 3 is 2.61 bits per heavy atom. The van der Waals surface area contributed by atoms with Crippen LogP contribution >= 0.6 is 11.8 Å². The molecule has 18 heavy (non-hydrogen) atoms. The van der Waals surface area contributed by atoms with Crippen LogP contribution in [0.3, 0.4) is 0 Å². The van der Waals surface area contributed by atoms with Crippen molar-refractivity contribution in [3.05, 3.63) is 24.3 Å². The van der Waals surface area contributed by atoms with Gasteiger partial charge in [-0.3, -0.25) is 4.79 Å². The Kier molecular flexibility index (Phi) is 3.53. The molecule has 92 valence electrons. The molecule has 0 aliphatic carbocycles. The second-order valence-electron chi connectivity index (χ2n) is 3.97. The molecule has 6 heteroatoms. The minimum absolute atomic E-state index is 0.000635. The van der Waals surface area contributed by atoms with E-state index in [-0.39, 0.29) is 11.7 Å². The lowest BCUT2D eigenvalue weighted by molar-refractivity contribution is -0.109. The molecule has 0 atom stereocenters. The summed E-state index contributed by atoms with van der Waals surface area (Å²) in [7, 11) is 3.93. The van der Waals surface area contributed by atoms with E-state index in [2.05, 4.69) is 4.99 Å². The lowest BCUT2D eigenvalue weighted by atomic mass is 10.2. The third-order valence-electron chi connectivity index (χ3n) is 2.55. The van der Waals surface area contributed by atoms with E-state index >= 15 is 0 Å². The second kappa shape index (κ2) is 5.10. The highest BCUT2D eigenvalue weighted by Gasteiger charge is 2.28. The fourth-order valence-corrected chi connectivity index (χ4v) is 2.41. The summed E-state index contributed by atoms with van der Waals surface area (Å²) >= 11 is 1.01. The van der Waals surface area contributed by atoms with Gasteiger partial charge in [0.15, 0.2) is 5.17 Å². The lowest BCUT2D eigenvalue weighted by Gasteiger charge is -2.18. The molecule has 1 aliphatic rings. The average Bonchev–Trinajstić information content (AvgIpc) is 2.71. The van der Waals surface area contributed by atoms with Crippen molar-refractivity contribution in [2.45, 2.75) is 0 Å². The van der Waals surface area contributed by atoms with Crippen LogP contribution in [-0.4, -0.2) is 30.9 Å². The standard InChI is InChI=1S/C12H12N4OS/c1-15(2)9-3-5-10(6-4-9)16-7-11(17)18-12(16)14-8-13/h3-6H,7H2,1-2H3. The quantitative estimate of drug-likeness (QED) is 0.757. The third-order valence-corrected chi connectivity index (χ3v) is 3.40. The van der Waals surface area contributed by atoms with Crippen molar-refractivity contribution < 1.29 is 4.79 Å². The molecule has 0 unspecified atom stereocenters. The number of nitrogens with zero attached hydrogens (tertiary/aromatic N) is 4. The summed E-state index contributed by atoms with van der Waals surface area (Å²) in [5, 5.41) is 9.04. The van der Waals surface area contributed by atoms with Gasteiger partial charge in [-0.1, -0.05) is 0 Å². The number of rotatable bonds is 2. The number of aliphatic imine (C=N–C) groups is 1. The second-order valence-corrected chi connectivity index (χ2v) is 4.99. The number of nitriles is 1. The van der Waals surface area contributed by atoms with E-state index in [0.717, 1.165) is 23.1 Å². The van der Waals surface area contributed by atoms with Crippen molar-refractivity contribution in [3.63, 3.8) is 0 Å². The third kappa shape index (κ3) is 2.46. The summed E-state index contributed by atoms with van der Waals surface area (Å²) in [4.78, 5) is 18.8. The fourth-order valence-electron chi connectivity index (χ4n) is 1.64. The zero-order chi connectivity index (χ0) is 13.1. The summed E-state index contributed by atoms with van der Waals surface area (Å²) < 4.78 is 0. The molecule has 1 heterocycles. The van der Waals surface area contributed by atoms with Crippen LogP contribution in [0.4, 0.5) is 11.4 Å². The molecule has 0 saturated carbocycles. The van der Waals surface area contributed by atoms with Gasteiger partial charge in [0.1, 0.15) is 0 Å². The summed E-state index contributed by atoms with van der Waals surface area (Å²) in [5.41, 5.74) is 1.95. The number of anilines is 2. The molecule has 0 aromatic heterocycles. The van der Waals surface area contributed by atoms with Crippen LogP contribution in [0.5, 0.6) is 0 Å². The largest absolute Gasteiger partial charge is 0.378 e. The lowest BCUT2D eigenvalue weighted by Crippen LogP contribution is -2.24. The predicted molar refractivity (Wildman–Crippen MR) is 73.8 cm³/mol. The number of amidine groups is 1. The smallest absolute Gasteiger partial charge is 0.216 e. The first-order valence-electron chi connectivity index (χ1n) is 5.34. The molecule has 1 aromatic rings. The van der Waals surface area contributed by atoms with E-state index in [0.29, 0.717) is 5.17 Å². The number of benzene rings is 1. The number of hydrogen-bond acceptors (Lipinski definition) is 5. The van der Waals surface area contributed by atoms with Crippen molar-refractivity contribution in [2.24, 2.45) is 4.99 Å². The molecule has 5 nitrogen and oxygen atoms in total. The van der Waals surface area contributed by atoms with Crippen LogP contribution in [0.15, 0.2) is 29.3 Å². The van der Waals surface area contributed by atoms with Gasteiger partial charge in [-0.2, -0.15) is 5.26 Å². The Balaban J connectivity index is 2.28. The average molecular weight is 260 g/mol. The van der Waals surface area contributed by atoms with E-state index in [1.807, 2.05) is 43.3 Å². The molecule has 0 amide bonds. The van der Waals surface area contributed by atoms with Crippen molar-refractivity contribution in [2.75, 3.05) is 30.4 Å². The van der Waals surface area contributed by atoms with Gasteiger partial charge in [-0.25, -0.2) is 0 Å². The maximum absolute atomic E-state index is 11.4. The van der Waals surface area contributed by atoms with Crippen LogP contribution in [0.25, 0.3) is 0 Å². The van der Waals surface area contributed by atoms with E-state index in [1.165, 1.54) is 0 Å². The maximum Gasteiger partial charge on any atom is 0.216 e. The van der Waals surface area contributed by atoms with E-state index in [1.54, 1.807) is 11.1 Å². The normalized spacial score (nSPS) is 17.1. The zero-order valence-electron chi connectivity index (χ0n) is 10.1. The predicted octanol–water partition coefficient (Wildman–Crippen LogP) is 1.67. The first kappa shape index (κ1) is 12.5. The Morgan fingerprint density at radius 2 is 2.06 bits per heavy atom. The van der Waals surface area contributed by atoms with Crippen LogP contribution in [0.1, 0.15) is 0 Å². The van der Waals surface area contributed by atoms with Gasteiger partial charge >= 0.3 is 0 Å². The van der Waals surface area contributed by atoms with Gasteiger partial charge < -0.3 is 9.80 Å². The molecule has 1 aliphatic heterocycles. The van der Waals surface area contributed by atoms with Crippen molar-refractivity contribution in [1.29, 1.82) is 5.26 Å². The number of thioether (sulfide) groups is 1. The Hall–Kier alpha value is -2.00. The summed E-state index contributed by atoms with van der Waals surface area (Å²) in [6, 6.07) is 7.77. The first-order chi connectivity index (χ1) is 8.61. The molecule has 0 bridgehead atoms. The van der Waals surface area contributed by atoms with Crippen LogP contribution in [-0.2, 0) is 4.79 Å². The first-order valence-corrected chi connectivity index (χ1v) is 6.16. The molecular weight excluding hydrogens is 248 g/mol. The van der Waals surface area contributed by atoms with E-state index in [4.69, 9.17) is 5.26 Å². The van der Waals surface area contributed by atoms with Crippen LogP contribution in [0.2, 0.25) is 0 Å². The van der Waals surface area contributed by atoms with E-state index < -0.39 is 0 Å². The highest BCUT2D eigenvalue weighted by molar-refractivity contribution is 8.27. The molecule has 1 aromatic carbocycles. The van der Waals surface area contributed by atoms with Gasteiger partial charge in [0.05, 0.1) is 6.54 Å². The summed E-state index contributed by atoms with van der Waals surface area (Å²) in [5.74, 6) is 0. The topological polar surface area (TPSA) is 59.7 Å². The highest BCUT2D eigenvalue weighted by atomic mass is 32.2. The molecule has 2 rings (SSSR count). The number of hydrogen-bond donors (Lipinski definition) is 0. The Labute approximate surface area is 110 Å². The van der Waals surface area contributed by atoms with Gasteiger partial charge in [0.25, 0.3) is 0 Å². The Bertz CT molecular complexity index is 530. The van der Waals surface area contributed by atoms with Crippen molar-refractivity contribution >= 4 is 33.4 Å². The highest BCUT2D eigenvalue weighted by Crippen LogP contribution is 2.28. The Morgan fingerprint density at radius 1 is 1.39 bits per heavy atom.